The van der Waals surface area contributed by atoms with Crippen LogP contribution >= 0.6 is 11.6 Å². The lowest BCUT2D eigenvalue weighted by atomic mass is 10.1. The van der Waals surface area contributed by atoms with Gasteiger partial charge in [-0.15, -0.1) is 0 Å². The molecule has 0 saturated heterocycles. The molecule has 1 N–H and O–H groups in total. The van der Waals surface area contributed by atoms with Crippen LogP contribution in [-0.2, 0) is 6.42 Å². The molecule has 2 amide bonds. The molecule has 0 atom stereocenters. The van der Waals surface area contributed by atoms with Crippen molar-refractivity contribution in [2.24, 2.45) is 0 Å². The van der Waals surface area contributed by atoms with Crippen LogP contribution in [0, 0.1) is 0 Å². The van der Waals surface area contributed by atoms with E-state index < -0.39 is 0 Å². The maximum atomic E-state index is 12.2. The fraction of sp³-hybridized carbons (Fsp3) is 0.278. The van der Waals surface area contributed by atoms with E-state index >= 15 is 0 Å². The maximum Gasteiger partial charge on any atom is 0.321 e. The van der Waals surface area contributed by atoms with Gasteiger partial charge in [-0.25, -0.2) is 4.79 Å². The van der Waals surface area contributed by atoms with Crippen LogP contribution in [0.25, 0.3) is 0 Å². The SMILES string of the molecule is CN(CCOc1ccc(Cl)cc1)C(=O)Nc1ccc2c(c1)CCO2. The molecule has 5 nitrogen and oxygen atoms in total. The number of carbonyl (C=O) groups is 1. The lowest BCUT2D eigenvalue weighted by Crippen LogP contribution is -2.34. The molecule has 0 aliphatic carbocycles. The quantitative estimate of drug-likeness (QED) is 0.895. The number of benzene rings is 2. The molecule has 2 aromatic carbocycles. The summed E-state index contributed by atoms with van der Waals surface area (Å²) < 4.78 is 11.1. The Kier molecular flexibility index (Phi) is 5.11. The van der Waals surface area contributed by atoms with Gasteiger partial charge >= 0.3 is 6.03 Å². The normalized spacial score (nSPS) is 12.2. The smallest absolute Gasteiger partial charge is 0.321 e. The molecule has 1 aliphatic heterocycles. The molecule has 0 bridgehead atoms. The van der Waals surface area contributed by atoms with E-state index in [2.05, 4.69) is 5.32 Å². The number of likely N-dealkylation sites (N-methyl/N-ethyl adjacent to an activating group) is 1. The van der Waals surface area contributed by atoms with Crippen molar-refractivity contribution >= 4 is 23.3 Å². The summed E-state index contributed by atoms with van der Waals surface area (Å²) in [6.45, 7) is 1.58. The number of nitrogens with zero attached hydrogens (tertiary/aromatic N) is 1. The second-order valence-corrected chi connectivity index (χ2v) is 6.01. The standard InChI is InChI=1S/C18H19ClN2O3/c1-21(9-11-23-16-5-2-14(19)3-6-16)18(22)20-15-4-7-17-13(12-15)8-10-24-17/h2-7,12H,8-11H2,1H3,(H,20,22). The topological polar surface area (TPSA) is 50.8 Å². The third-order valence-corrected chi connectivity index (χ3v) is 4.05. The summed E-state index contributed by atoms with van der Waals surface area (Å²) in [7, 11) is 1.73. The zero-order chi connectivity index (χ0) is 16.9. The van der Waals surface area contributed by atoms with Crippen LogP contribution in [0.5, 0.6) is 11.5 Å². The number of halogens is 1. The van der Waals surface area contributed by atoms with Crippen molar-refractivity contribution in [1.29, 1.82) is 0 Å². The summed E-state index contributed by atoms with van der Waals surface area (Å²) >= 11 is 5.83. The fourth-order valence-electron chi connectivity index (χ4n) is 2.42. The predicted molar refractivity (Wildman–Crippen MR) is 94.2 cm³/mol. The highest BCUT2D eigenvalue weighted by molar-refractivity contribution is 6.30. The molecular weight excluding hydrogens is 328 g/mol. The minimum absolute atomic E-state index is 0.173. The van der Waals surface area contributed by atoms with Crippen LogP contribution in [0.1, 0.15) is 5.56 Å². The second-order valence-electron chi connectivity index (χ2n) is 5.58. The van der Waals surface area contributed by atoms with Gasteiger partial charge < -0.3 is 19.7 Å². The first kappa shape index (κ1) is 16.5. The summed E-state index contributed by atoms with van der Waals surface area (Å²) in [6, 6.07) is 12.7. The molecule has 2 aromatic rings. The van der Waals surface area contributed by atoms with E-state index in [4.69, 9.17) is 21.1 Å². The maximum absolute atomic E-state index is 12.2. The van der Waals surface area contributed by atoms with Crippen molar-refractivity contribution in [3.8, 4) is 11.5 Å². The molecule has 24 heavy (non-hydrogen) atoms. The number of amides is 2. The van der Waals surface area contributed by atoms with E-state index in [0.29, 0.717) is 24.8 Å². The third kappa shape index (κ3) is 4.11. The van der Waals surface area contributed by atoms with Crippen molar-refractivity contribution < 1.29 is 14.3 Å². The fourth-order valence-corrected chi connectivity index (χ4v) is 2.54. The van der Waals surface area contributed by atoms with Crippen molar-refractivity contribution in [2.75, 3.05) is 32.1 Å². The molecule has 0 aromatic heterocycles. The lowest BCUT2D eigenvalue weighted by Gasteiger charge is -2.18. The molecule has 3 rings (SSSR count). The Labute approximate surface area is 146 Å². The van der Waals surface area contributed by atoms with Crippen LogP contribution in [0.15, 0.2) is 42.5 Å². The van der Waals surface area contributed by atoms with E-state index in [1.165, 1.54) is 0 Å². The predicted octanol–water partition coefficient (Wildman–Crippen LogP) is 3.82. The first-order chi connectivity index (χ1) is 11.6. The molecule has 1 heterocycles. The van der Waals surface area contributed by atoms with Gasteiger partial charge in [0.2, 0.25) is 0 Å². The van der Waals surface area contributed by atoms with Crippen LogP contribution in [-0.4, -0.2) is 37.7 Å². The van der Waals surface area contributed by atoms with Gasteiger partial charge in [0.05, 0.1) is 13.2 Å². The number of carbonyl (C=O) groups excluding carboxylic acids is 1. The first-order valence-electron chi connectivity index (χ1n) is 7.78. The zero-order valence-electron chi connectivity index (χ0n) is 13.4. The Balaban J connectivity index is 1.47. The highest BCUT2D eigenvalue weighted by atomic mass is 35.5. The molecule has 6 heteroatoms. The van der Waals surface area contributed by atoms with Crippen LogP contribution in [0.2, 0.25) is 5.02 Å². The minimum atomic E-state index is -0.173. The summed E-state index contributed by atoms with van der Waals surface area (Å²) in [5.41, 5.74) is 1.90. The zero-order valence-corrected chi connectivity index (χ0v) is 14.2. The largest absolute Gasteiger partial charge is 0.493 e. The number of urea groups is 1. The molecule has 0 fully saturated rings. The number of rotatable bonds is 5. The van der Waals surface area contributed by atoms with Crippen LogP contribution in [0.4, 0.5) is 10.5 Å². The van der Waals surface area contributed by atoms with Crippen molar-refractivity contribution in [3.63, 3.8) is 0 Å². The molecule has 0 radical (unpaired) electrons. The molecule has 1 aliphatic rings. The lowest BCUT2D eigenvalue weighted by molar-refractivity contribution is 0.207. The van der Waals surface area contributed by atoms with Crippen molar-refractivity contribution in [3.05, 3.63) is 53.1 Å². The molecule has 0 saturated carbocycles. The van der Waals surface area contributed by atoms with E-state index in [1.54, 1.807) is 36.2 Å². The van der Waals surface area contributed by atoms with Crippen LogP contribution < -0.4 is 14.8 Å². The van der Waals surface area contributed by atoms with E-state index in [0.717, 1.165) is 29.2 Å². The monoisotopic (exact) mass is 346 g/mol. The van der Waals surface area contributed by atoms with Gasteiger partial charge in [-0.05, 0) is 48.0 Å². The van der Waals surface area contributed by atoms with Crippen LogP contribution in [0.3, 0.4) is 0 Å². The summed E-state index contributed by atoms with van der Waals surface area (Å²) in [6.07, 6.45) is 0.879. The second kappa shape index (κ2) is 7.45. The Morgan fingerprint density at radius 1 is 1.29 bits per heavy atom. The Bertz CT molecular complexity index is 719. The van der Waals surface area contributed by atoms with Gasteiger partial charge in [0.25, 0.3) is 0 Å². The van der Waals surface area contributed by atoms with E-state index in [-0.39, 0.29) is 6.03 Å². The van der Waals surface area contributed by atoms with Gasteiger partial charge in [0, 0.05) is 24.2 Å². The minimum Gasteiger partial charge on any atom is -0.493 e. The van der Waals surface area contributed by atoms with Gasteiger partial charge in [-0.3, -0.25) is 0 Å². The van der Waals surface area contributed by atoms with E-state index in [1.807, 2.05) is 18.2 Å². The van der Waals surface area contributed by atoms with Gasteiger partial charge in [0.15, 0.2) is 0 Å². The average molecular weight is 347 g/mol. The molecule has 0 spiro atoms. The number of anilines is 1. The molecular formula is C18H19ClN2O3. The summed E-state index contributed by atoms with van der Waals surface area (Å²) in [5.74, 6) is 1.63. The Morgan fingerprint density at radius 3 is 2.88 bits per heavy atom. The van der Waals surface area contributed by atoms with E-state index in [9.17, 15) is 4.79 Å². The van der Waals surface area contributed by atoms with Gasteiger partial charge in [-0.1, -0.05) is 11.6 Å². The number of hydrogen-bond acceptors (Lipinski definition) is 3. The number of nitrogens with one attached hydrogen (secondary N) is 1. The molecule has 126 valence electrons. The summed E-state index contributed by atoms with van der Waals surface area (Å²) in [5, 5.41) is 3.55. The Hall–Kier alpha value is -2.40. The Morgan fingerprint density at radius 2 is 2.08 bits per heavy atom. The average Bonchev–Trinajstić information content (AvgIpc) is 3.04. The number of hydrogen-bond donors (Lipinski definition) is 1. The van der Waals surface area contributed by atoms with Crippen molar-refractivity contribution in [1.82, 2.24) is 4.90 Å². The number of fused-ring (bicyclic) bond motifs is 1. The first-order valence-corrected chi connectivity index (χ1v) is 8.16. The summed E-state index contributed by atoms with van der Waals surface area (Å²) in [4.78, 5) is 13.8. The van der Waals surface area contributed by atoms with Crippen molar-refractivity contribution in [2.45, 2.75) is 6.42 Å². The highest BCUT2D eigenvalue weighted by Gasteiger charge is 2.14. The van der Waals surface area contributed by atoms with Gasteiger partial charge in [0.1, 0.15) is 18.1 Å². The highest BCUT2D eigenvalue weighted by Crippen LogP contribution is 2.27. The third-order valence-electron chi connectivity index (χ3n) is 3.80. The number of ether oxygens (including phenoxy) is 2. The van der Waals surface area contributed by atoms with Gasteiger partial charge in [-0.2, -0.15) is 0 Å². The molecule has 0 unspecified atom stereocenters.